The maximum atomic E-state index is 13.0. The van der Waals surface area contributed by atoms with Crippen molar-refractivity contribution in [2.75, 3.05) is 11.9 Å². The zero-order valence-electron chi connectivity index (χ0n) is 15.4. The van der Waals surface area contributed by atoms with Crippen molar-refractivity contribution >= 4 is 23.5 Å². The monoisotopic (exact) mass is 366 g/mol. The summed E-state index contributed by atoms with van der Waals surface area (Å²) in [5.41, 5.74) is 0.724. The first kappa shape index (κ1) is 18.6. The van der Waals surface area contributed by atoms with E-state index in [1.54, 1.807) is 55.1 Å². The number of anilines is 1. The molecule has 1 atom stereocenters. The Morgan fingerprint density at radius 1 is 1.11 bits per heavy atom. The number of carbonyl (C=O) groups excluding carboxylic acids is 2. The van der Waals surface area contributed by atoms with Crippen LogP contribution < -0.4 is 5.32 Å². The summed E-state index contributed by atoms with van der Waals surface area (Å²) in [6, 6.07) is 13.7. The lowest BCUT2D eigenvalue weighted by Gasteiger charge is -2.34. The van der Waals surface area contributed by atoms with Gasteiger partial charge in [-0.05, 0) is 56.5 Å². The third kappa shape index (κ3) is 3.56. The van der Waals surface area contributed by atoms with E-state index in [1.165, 1.54) is 6.07 Å². The molecule has 0 spiro atoms. The number of carboxylic acids is 1. The number of carbonyl (C=O) groups is 3. The number of nitrogens with zero attached hydrogens (tertiary/aromatic N) is 1. The van der Waals surface area contributed by atoms with E-state index in [9.17, 15) is 19.5 Å². The maximum absolute atomic E-state index is 13.0. The van der Waals surface area contributed by atoms with Crippen LogP contribution >= 0.6 is 0 Å². The maximum Gasteiger partial charge on any atom is 0.336 e. The highest BCUT2D eigenvalue weighted by Gasteiger charge is 2.45. The molecule has 0 saturated carbocycles. The van der Waals surface area contributed by atoms with Crippen LogP contribution in [-0.2, 0) is 4.79 Å². The van der Waals surface area contributed by atoms with Gasteiger partial charge in [-0.3, -0.25) is 9.59 Å². The van der Waals surface area contributed by atoms with E-state index in [2.05, 4.69) is 5.32 Å². The fourth-order valence-electron chi connectivity index (χ4n) is 3.46. The van der Waals surface area contributed by atoms with Crippen molar-refractivity contribution in [2.24, 2.45) is 0 Å². The highest BCUT2D eigenvalue weighted by atomic mass is 16.4. The number of rotatable bonds is 4. The van der Waals surface area contributed by atoms with E-state index < -0.39 is 11.5 Å². The van der Waals surface area contributed by atoms with Gasteiger partial charge in [0.2, 0.25) is 5.91 Å². The molecule has 6 nitrogen and oxygen atoms in total. The molecule has 3 rings (SSSR count). The molecule has 1 heterocycles. The zero-order chi connectivity index (χ0) is 19.6. The van der Waals surface area contributed by atoms with Gasteiger partial charge in [0.1, 0.15) is 5.54 Å². The van der Waals surface area contributed by atoms with E-state index in [0.717, 1.165) is 6.42 Å². The molecule has 0 radical (unpaired) electrons. The Labute approximate surface area is 157 Å². The molecule has 2 N–H and O–H groups in total. The SMILES string of the molecule is Cc1ccc(NC(=O)C2(C)CCCN2C(=O)c2ccccc2)cc1C(=O)O. The second-order valence-electron chi connectivity index (χ2n) is 6.99. The number of hydrogen-bond acceptors (Lipinski definition) is 3. The van der Waals surface area contributed by atoms with E-state index in [1.807, 2.05) is 6.07 Å². The van der Waals surface area contributed by atoms with E-state index in [-0.39, 0.29) is 17.4 Å². The van der Waals surface area contributed by atoms with E-state index in [0.29, 0.717) is 29.8 Å². The zero-order valence-corrected chi connectivity index (χ0v) is 15.4. The van der Waals surface area contributed by atoms with Gasteiger partial charge in [0.05, 0.1) is 5.56 Å². The van der Waals surface area contributed by atoms with Gasteiger partial charge in [-0.1, -0.05) is 24.3 Å². The first-order valence-electron chi connectivity index (χ1n) is 8.85. The fraction of sp³-hybridized carbons (Fsp3) is 0.286. The Bertz CT molecular complexity index is 894. The van der Waals surface area contributed by atoms with Crippen molar-refractivity contribution in [3.63, 3.8) is 0 Å². The summed E-state index contributed by atoms with van der Waals surface area (Å²) in [6.07, 6.45) is 1.28. The van der Waals surface area contributed by atoms with Crippen LogP contribution in [0.25, 0.3) is 0 Å². The number of carboxylic acid groups (broad SMARTS) is 1. The second-order valence-corrected chi connectivity index (χ2v) is 6.99. The lowest BCUT2D eigenvalue weighted by Crippen LogP contribution is -2.53. The molecule has 0 bridgehead atoms. The predicted molar refractivity (Wildman–Crippen MR) is 102 cm³/mol. The third-order valence-corrected chi connectivity index (χ3v) is 5.12. The molecule has 1 aliphatic heterocycles. The van der Waals surface area contributed by atoms with Crippen molar-refractivity contribution in [3.8, 4) is 0 Å². The predicted octanol–water partition coefficient (Wildman–Crippen LogP) is 3.33. The van der Waals surface area contributed by atoms with Crippen LogP contribution in [0.15, 0.2) is 48.5 Å². The van der Waals surface area contributed by atoms with Crippen LogP contribution in [0, 0.1) is 6.92 Å². The van der Waals surface area contributed by atoms with Gasteiger partial charge in [-0.2, -0.15) is 0 Å². The topological polar surface area (TPSA) is 86.7 Å². The van der Waals surface area contributed by atoms with Crippen LogP contribution in [0.1, 0.15) is 46.0 Å². The van der Waals surface area contributed by atoms with E-state index in [4.69, 9.17) is 0 Å². The molecular weight excluding hydrogens is 344 g/mol. The minimum atomic E-state index is -1.04. The first-order chi connectivity index (χ1) is 12.8. The van der Waals surface area contributed by atoms with Crippen molar-refractivity contribution < 1.29 is 19.5 Å². The normalized spacial score (nSPS) is 19.0. The molecule has 1 aliphatic rings. The summed E-state index contributed by atoms with van der Waals surface area (Å²) in [6.45, 7) is 3.96. The largest absolute Gasteiger partial charge is 0.478 e. The van der Waals surface area contributed by atoms with Crippen LogP contribution in [0.3, 0.4) is 0 Å². The molecule has 0 aromatic heterocycles. The molecule has 2 amide bonds. The van der Waals surface area contributed by atoms with Gasteiger partial charge >= 0.3 is 5.97 Å². The second kappa shape index (κ2) is 7.23. The van der Waals surface area contributed by atoms with Gasteiger partial charge < -0.3 is 15.3 Å². The third-order valence-electron chi connectivity index (χ3n) is 5.12. The Balaban J connectivity index is 1.83. The molecule has 27 heavy (non-hydrogen) atoms. The standard InChI is InChI=1S/C21H22N2O4/c1-14-9-10-16(13-17(14)19(25)26)22-20(27)21(2)11-6-12-23(21)18(24)15-7-4-3-5-8-15/h3-5,7-10,13H,6,11-12H2,1-2H3,(H,22,27)(H,25,26). The molecular formula is C21H22N2O4. The van der Waals surface area contributed by atoms with Crippen molar-refractivity contribution in [1.82, 2.24) is 4.90 Å². The minimum absolute atomic E-state index is 0.140. The number of aromatic carboxylic acids is 1. The molecule has 140 valence electrons. The number of amides is 2. The van der Waals surface area contributed by atoms with Crippen LogP contribution in [-0.4, -0.2) is 39.9 Å². The van der Waals surface area contributed by atoms with Gasteiger partial charge in [-0.25, -0.2) is 4.79 Å². The highest BCUT2D eigenvalue weighted by molar-refractivity contribution is 6.04. The Hall–Kier alpha value is -3.15. The average molecular weight is 366 g/mol. The van der Waals surface area contributed by atoms with Gasteiger partial charge in [-0.15, -0.1) is 0 Å². The lowest BCUT2D eigenvalue weighted by atomic mass is 9.96. The fourth-order valence-corrected chi connectivity index (χ4v) is 3.46. The molecule has 2 aromatic rings. The average Bonchev–Trinajstić information content (AvgIpc) is 3.06. The number of likely N-dealkylation sites (tertiary alicyclic amines) is 1. The van der Waals surface area contributed by atoms with Crippen LogP contribution in [0.4, 0.5) is 5.69 Å². The van der Waals surface area contributed by atoms with Crippen molar-refractivity contribution in [3.05, 3.63) is 65.2 Å². The quantitative estimate of drug-likeness (QED) is 0.869. The van der Waals surface area contributed by atoms with Crippen LogP contribution in [0.5, 0.6) is 0 Å². The summed E-state index contributed by atoms with van der Waals surface area (Å²) in [5, 5.41) is 12.0. The number of benzene rings is 2. The molecule has 1 saturated heterocycles. The molecule has 2 aromatic carbocycles. The number of aryl methyl sites for hydroxylation is 1. The summed E-state index contributed by atoms with van der Waals surface area (Å²) in [5.74, 6) is -1.54. The summed E-state index contributed by atoms with van der Waals surface area (Å²) in [4.78, 5) is 38.8. The summed E-state index contributed by atoms with van der Waals surface area (Å²) in [7, 11) is 0. The Kier molecular flexibility index (Phi) is 4.99. The summed E-state index contributed by atoms with van der Waals surface area (Å²) < 4.78 is 0. The Morgan fingerprint density at radius 2 is 1.81 bits per heavy atom. The highest BCUT2D eigenvalue weighted by Crippen LogP contribution is 2.32. The smallest absolute Gasteiger partial charge is 0.336 e. The van der Waals surface area contributed by atoms with E-state index >= 15 is 0 Å². The molecule has 0 aliphatic carbocycles. The van der Waals surface area contributed by atoms with Crippen LogP contribution in [0.2, 0.25) is 0 Å². The molecule has 1 fully saturated rings. The Morgan fingerprint density at radius 3 is 2.48 bits per heavy atom. The number of nitrogens with one attached hydrogen (secondary N) is 1. The first-order valence-corrected chi connectivity index (χ1v) is 8.85. The van der Waals surface area contributed by atoms with Crippen molar-refractivity contribution in [2.45, 2.75) is 32.2 Å². The van der Waals surface area contributed by atoms with Gasteiger partial charge in [0, 0.05) is 17.8 Å². The van der Waals surface area contributed by atoms with Gasteiger partial charge in [0.15, 0.2) is 0 Å². The van der Waals surface area contributed by atoms with Gasteiger partial charge in [0.25, 0.3) is 5.91 Å². The summed E-state index contributed by atoms with van der Waals surface area (Å²) >= 11 is 0. The minimum Gasteiger partial charge on any atom is -0.478 e. The lowest BCUT2D eigenvalue weighted by molar-refractivity contribution is -0.124. The number of hydrogen-bond donors (Lipinski definition) is 2. The van der Waals surface area contributed by atoms with Crippen molar-refractivity contribution in [1.29, 1.82) is 0 Å². The molecule has 6 heteroatoms. The molecule has 1 unspecified atom stereocenters.